The number of ether oxygens (including phenoxy) is 1. The number of methoxy groups -OCH3 is 1. The SMILES string of the molecule is CCC(C)N(CC)c1nc(COC)c(C(=O)O)s1. The number of carbonyl (C=O) groups is 1. The van der Waals surface area contributed by atoms with Gasteiger partial charge in [0, 0.05) is 19.7 Å². The molecule has 1 unspecified atom stereocenters. The molecule has 0 saturated carbocycles. The van der Waals surface area contributed by atoms with E-state index < -0.39 is 5.97 Å². The fourth-order valence-corrected chi connectivity index (χ4v) is 2.79. The van der Waals surface area contributed by atoms with Crippen molar-refractivity contribution in [1.29, 1.82) is 0 Å². The van der Waals surface area contributed by atoms with Gasteiger partial charge in [-0.25, -0.2) is 9.78 Å². The van der Waals surface area contributed by atoms with Crippen molar-refractivity contribution >= 4 is 22.4 Å². The molecule has 0 saturated heterocycles. The third kappa shape index (κ3) is 3.20. The van der Waals surface area contributed by atoms with Gasteiger partial charge < -0.3 is 14.7 Å². The van der Waals surface area contributed by atoms with Gasteiger partial charge in [0.25, 0.3) is 0 Å². The highest BCUT2D eigenvalue weighted by molar-refractivity contribution is 7.17. The van der Waals surface area contributed by atoms with Crippen LogP contribution in [-0.2, 0) is 11.3 Å². The molecule has 0 amide bonds. The minimum Gasteiger partial charge on any atom is -0.477 e. The molecule has 0 fully saturated rings. The smallest absolute Gasteiger partial charge is 0.347 e. The van der Waals surface area contributed by atoms with Crippen LogP contribution in [0.4, 0.5) is 5.13 Å². The Morgan fingerprint density at radius 2 is 2.22 bits per heavy atom. The summed E-state index contributed by atoms with van der Waals surface area (Å²) < 4.78 is 4.99. The molecule has 1 N–H and O–H groups in total. The molecule has 0 aliphatic carbocycles. The number of carboxylic acids is 1. The van der Waals surface area contributed by atoms with Crippen LogP contribution in [0.3, 0.4) is 0 Å². The summed E-state index contributed by atoms with van der Waals surface area (Å²) >= 11 is 1.22. The first-order valence-corrected chi connectivity index (χ1v) is 6.85. The lowest BCUT2D eigenvalue weighted by atomic mass is 10.2. The highest BCUT2D eigenvalue weighted by Crippen LogP contribution is 2.28. The first kappa shape index (κ1) is 14.9. The molecule has 1 aromatic heterocycles. The lowest BCUT2D eigenvalue weighted by molar-refractivity contribution is 0.0697. The van der Waals surface area contributed by atoms with Crippen molar-refractivity contribution in [3.05, 3.63) is 10.6 Å². The zero-order valence-electron chi connectivity index (χ0n) is 11.3. The minimum atomic E-state index is -0.939. The lowest BCUT2D eigenvalue weighted by Crippen LogP contribution is -2.32. The number of anilines is 1. The Balaban J connectivity index is 3.08. The van der Waals surface area contributed by atoms with Crippen LogP contribution >= 0.6 is 11.3 Å². The fourth-order valence-electron chi connectivity index (χ4n) is 1.72. The average Bonchev–Trinajstić information content (AvgIpc) is 2.74. The van der Waals surface area contributed by atoms with Gasteiger partial charge in [-0.15, -0.1) is 0 Å². The Morgan fingerprint density at radius 1 is 1.56 bits per heavy atom. The van der Waals surface area contributed by atoms with Crippen molar-refractivity contribution in [1.82, 2.24) is 4.98 Å². The van der Waals surface area contributed by atoms with Crippen LogP contribution < -0.4 is 4.90 Å². The Bertz CT molecular complexity index is 406. The molecule has 0 bridgehead atoms. The molecule has 6 heteroatoms. The number of hydrogen-bond donors (Lipinski definition) is 1. The van der Waals surface area contributed by atoms with Gasteiger partial charge in [-0.05, 0) is 20.3 Å². The third-order valence-electron chi connectivity index (χ3n) is 2.87. The quantitative estimate of drug-likeness (QED) is 0.826. The molecule has 0 aromatic carbocycles. The van der Waals surface area contributed by atoms with Gasteiger partial charge in [0.2, 0.25) is 0 Å². The standard InChI is InChI=1S/C12H20N2O3S/c1-5-8(3)14(6-2)12-13-9(7-17-4)10(18-12)11(15)16/h8H,5-7H2,1-4H3,(H,15,16). The molecule has 1 heterocycles. The number of rotatable bonds is 7. The molecule has 0 aliphatic rings. The summed E-state index contributed by atoms with van der Waals surface area (Å²) in [5.74, 6) is -0.939. The molecule has 0 radical (unpaired) electrons. The van der Waals surface area contributed by atoms with E-state index in [0.29, 0.717) is 11.7 Å². The molecule has 0 aliphatic heterocycles. The Hall–Kier alpha value is -1.14. The van der Waals surface area contributed by atoms with Crippen LogP contribution in [0.15, 0.2) is 0 Å². The van der Waals surface area contributed by atoms with Gasteiger partial charge in [-0.2, -0.15) is 0 Å². The van der Waals surface area contributed by atoms with E-state index in [0.717, 1.165) is 18.1 Å². The van der Waals surface area contributed by atoms with Crippen LogP contribution in [-0.4, -0.2) is 35.8 Å². The Morgan fingerprint density at radius 3 is 2.67 bits per heavy atom. The predicted octanol–water partition coefficient (Wildman–Crippen LogP) is 2.61. The lowest BCUT2D eigenvalue weighted by Gasteiger charge is -2.26. The van der Waals surface area contributed by atoms with Crippen molar-refractivity contribution in [2.75, 3.05) is 18.6 Å². The number of nitrogens with zero attached hydrogens (tertiary/aromatic N) is 2. The van der Waals surface area contributed by atoms with E-state index in [-0.39, 0.29) is 11.5 Å². The third-order valence-corrected chi connectivity index (χ3v) is 3.99. The number of aromatic nitrogens is 1. The van der Waals surface area contributed by atoms with E-state index in [1.165, 1.54) is 18.4 Å². The van der Waals surface area contributed by atoms with Crippen molar-refractivity contribution in [2.24, 2.45) is 0 Å². The highest BCUT2D eigenvalue weighted by atomic mass is 32.1. The molecule has 18 heavy (non-hydrogen) atoms. The van der Waals surface area contributed by atoms with Gasteiger partial charge in [-0.3, -0.25) is 0 Å². The van der Waals surface area contributed by atoms with Crippen molar-refractivity contribution in [3.63, 3.8) is 0 Å². The molecular weight excluding hydrogens is 252 g/mol. The first-order chi connectivity index (χ1) is 8.54. The summed E-state index contributed by atoms with van der Waals surface area (Å²) in [6, 6.07) is 0.346. The van der Waals surface area contributed by atoms with Gasteiger partial charge in [-0.1, -0.05) is 18.3 Å². The normalized spacial score (nSPS) is 12.4. The van der Waals surface area contributed by atoms with Crippen LogP contribution in [0.2, 0.25) is 0 Å². The summed E-state index contributed by atoms with van der Waals surface area (Å²) in [6.07, 6.45) is 0.995. The maximum atomic E-state index is 11.2. The summed E-state index contributed by atoms with van der Waals surface area (Å²) in [7, 11) is 1.54. The van der Waals surface area contributed by atoms with E-state index in [1.807, 2.05) is 6.92 Å². The molecule has 5 nitrogen and oxygen atoms in total. The summed E-state index contributed by atoms with van der Waals surface area (Å²) in [4.78, 5) is 17.9. The predicted molar refractivity (Wildman–Crippen MR) is 72.6 cm³/mol. The van der Waals surface area contributed by atoms with E-state index >= 15 is 0 Å². The molecule has 1 atom stereocenters. The second kappa shape index (κ2) is 6.70. The monoisotopic (exact) mass is 272 g/mol. The van der Waals surface area contributed by atoms with Gasteiger partial charge in [0.1, 0.15) is 4.88 Å². The van der Waals surface area contributed by atoms with Crippen LogP contribution in [0, 0.1) is 0 Å². The van der Waals surface area contributed by atoms with Crippen LogP contribution in [0.25, 0.3) is 0 Å². The zero-order valence-corrected chi connectivity index (χ0v) is 12.1. The largest absolute Gasteiger partial charge is 0.477 e. The second-order valence-electron chi connectivity index (χ2n) is 4.05. The summed E-state index contributed by atoms with van der Waals surface area (Å²) in [5, 5.41) is 9.91. The van der Waals surface area contributed by atoms with E-state index in [2.05, 4.69) is 23.7 Å². The maximum Gasteiger partial charge on any atom is 0.347 e. The van der Waals surface area contributed by atoms with Crippen molar-refractivity contribution in [2.45, 2.75) is 39.8 Å². The summed E-state index contributed by atoms with van der Waals surface area (Å²) in [6.45, 7) is 7.31. The van der Waals surface area contributed by atoms with Gasteiger partial charge in [0.15, 0.2) is 5.13 Å². The number of aromatic carboxylic acids is 1. The fraction of sp³-hybridized carbons (Fsp3) is 0.667. The van der Waals surface area contributed by atoms with Gasteiger partial charge in [0.05, 0.1) is 12.3 Å². The first-order valence-electron chi connectivity index (χ1n) is 6.03. The van der Waals surface area contributed by atoms with Crippen LogP contribution in [0.1, 0.15) is 42.6 Å². The van der Waals surface area contributed by atoms with E-state index in [4.69, 9.17) is 9.84 Å². The minimum absolute atomic E-state index is 0.232. The summed E-state index contributed by atoms with van der Waals surface area (Å²) in [5.41, 5.74) is 0.506. The Labute approximate surface area is 111 Å². The zero-order chi connectivity index (χ0) is 13.7. The van der Waals surface area contributed by atoms with Gasteiger partial charge >= 0.3 is 5.97 Å². The number of thiazole rings is 1. The highest BCUT2D eigenvalue weighted by Gasteiger charge is 2.21. The molecular formula is C12H20N2O3S. The van der Waals surface area contributed by atoms with Crippen molar-refractivity contribution < 1.29 is 14.6 Å². The van der Waals surface area contributed by atoms with E-state index in [1.54, 1.807) is 0 Å². The maximum absolute atomic E-state index is 11.2. The topological polar surface area (TPSA) is 62.7 Å². The molecule has 102 valence electrons. The molecule has 0 spiro atoms. The number of carboxylic acid groups (broad SMARTS) is 1. The van der Waals surface area contributed by atoms with Crippen molar-refractivity contribution in [3.8, 4) is 0 Å². The molecule has 1 aromatic rings. The number of hydrogen-bond acceptors (Lipinski definition) is 5. The van der Waals surface area contributed by atoms with Crippen LogP contribution in [0.5, 0.6) is 0 Å². The Kier molecular flexibility index (Phi) is 5.55. The van der Waals surface area contributed by atoms with E-state index in [9.17, 15) is 4.79 Å². The molecule has 1 rings (SSSR count). The second-order valence-corrected chi connectivity index (χ2v) is 5.03. The average molecular weight is 272 g/mol.